The molecule has 0 amide bonds. The standard InChI is InChI=1S/C25H28F3N5O2/c1-4-33-23(35)20-15-32(14-18-6-5-12-31(3)22(18)34)13-11-21(20)30-24(33)29-16(2)17-7-9-19(10-8-17)25(26,27)28/h5-10,12,16H,4,11,13-15H2,1-3H3,(H,29,30). The number of aromatic nitrogens is 3. The maximum absolute atomic E-state index is 13.3. The van der Waals surface area contributed by atoms with Gasteiger partial charge in [0.15, 0.2) is 0 Å². The first-order chi connectivity index (χ1) is 16.6. The van der Waals surface area contributed by atoms with Crippen LogP contribution in [0.25, 0.3) is 0 Å². The second-order valence-electron chi connectivity index (χ2n) is 8.81. The number of alkyl halides is 3. The molecule has 1 atom stereocenters. The molecule has 1 aliphatic rings. The van der Waals surface area contributed by atoms with Gasteiger partial charge in [0.05, 0.1) is 22.9 Å². The third-order valence-corrected chi connectivity index (χ3v) is 6.39. The van der Waals surface area contributed by atoms with Gasteiger partial charge in [0.2, 0.25) is 5.95 Å². The van der Waals surface area contributed by atoms with E-state index < -0.39 is 11.7 Å². The molecule has 35 heavy (non-hydrogen) atoms. The van der Waals surface area contributed by atoms with E-state index in [-0.39, 0.29) is 17.2 Å². The minimum atomic E-state index is -4.39. The number of aryl methyl sites for hydroxylation is 1. The predicted octanol–water partition coefficient (Wildman–Crippen LogP) is 3.71. The van der Waals surface area contributed by atoms with Gasteiger partial charge in [0.25, 0.3) is 11.1 Å². The molecular weight excluding hydrogens is 459 g/mol. The number of rotatable bonds is 6. The van der Waals surface area contributed by atoms with Crippen molar-refractivity contribution in [2.24, 2.45) is 7.05 Å². The Bertz CT molecular complexity index is 1330. The Hall–Kier alpha value is -3.40. The van der Waals surface area contributed by atoms with Gasteiger partial charge in [-0.15, -0.1) is 0 Å². The first-order valence-corrected chi connectivity index (χ1v) is 11.5. The summed E-state index contributed by atoms with van der Waals surface area (Å²) in [6.07, 6.45) is -2.12. The molecule has 0 saturated carbocycles. The van der Waals surface area contributed by atoms with Crippen LogP contribution in [0.5, 0.6) is 0 Å². The fraction of sp³-hybridized carbons (Fsp3) is 0.400. The fourth-order valence-corrected chi connectivity index (χ4v) is 4.36. The Morgan fingerprint density at radius 1 is 1.11 bits per heavy atom. The van der Waals surface area contributed by atoms with Gasteiger partial charge in [-0.1, -0.05) is 18.2 Å². The summed E-state index contributed by atoms with van der Waals surface area (Å²) >= 11 is 0. The van der Waals surface area contributed by atoms with Crippen molar-refractivity contribution in [3.63, 3.8) is 0 Å². The molecule has 186 valence electrons. The van der Waals surface area contributed by atoms with Crippen LogP contribution in [0.15, 0.2) is 52.2 Å². The van der Waals surface area contributed by atoms with Crippen molar-refractivity contribution < 1.29 is 13.2 Å². The molecule has 0 fully saturated rings. The first kappa shape index (κ1) is 24.7. The molecule has 4 rings (SSSR count). The van der Waals surface area contributed by atoms with Gasteiger partial charge in [0.1, 0.15) is 0 Å². The molecule has 0 aliphatic carbocycles. The molecule has 0 bridgehead atoms. The minimum Gasteiger partial charge on any atom is -0.349 e. The molecule has 1 N–H and O–H groups in total. The highest BCUT2D eigenvalue weighted by atomic mass is 19.4. The van der Waals surface area contributed by atoms with E-state index >= 15 is 0 Å². The van der Waals surface area contributed by atoms with Gasteiger partial charge >= 0.3 is 6.18 Å². The highest BCUT2D eigenvalue weighted by Gasteiger charge is 2.30. The third-order valence-electron chi connectivity index (χ3n) is 6.39. The number of halogens is 3. The molecule has 10 heteroatoms. The van der Waals surface area contributed by atoms with Crippen molar-refractivity contribution in [2.75, 3.05) is 11.9 Å². The highest BCUT2D eigenvalue weighted by Crippen LogP contribution is 2.30. The van der Waals surface area contributed by atoms with Crippen molar-refractivity contribution in [1.82, 2.24) is 19.0 Å². The van der Waals surface area contributed by atoms with Crippen LogP contribution in [0, 0.1) is 0 Å². The van der Waals surface area contributed by atoms with E-state index in [1.165, 1.54) is 16.7 Å². The summed E-state index contributed by atoms with van der Waals surface area (Å²) in [4.78, 5) is 32.5. The Morgan fingerprint density at radius 3 is 2.49 bits per heavy atom. The average molecular weight is 488 g/mol. The molecule has 1 aromatic carbocycles. The molecule has 0 saturated heterocycles. The molecule has 1 aliphatic heterocycles. The molecule has 2 aromatic heterocycles. The molecule has 0 radical (unpaired) electrons. The highest BCUT2D eigenvalue weighted by molar-refractivity contribution is 5.37. The summed E-state index contributed by atoms with van der Waals surface area (Å²) in [5, 5.41) is 3.20. The average Bonchev–Trinajstić information content (AvgIpc) is 2.82. The zero-order chi connectivity index (χ0) is 25.3. The monoisotopic (exact) mass is 487 g/mol. The van der Waals surface area contributed by atoms with E-state index in [1.807, 2.05) is 19.9 Å². The number of pyridine rings is 1. The van der Waals surface area contributed by atoms with Crippen molar-refractivity contribution in [3.8, 4) is 0 Å². The van der Waals surface area contributed by atoms with Gasteiger partial charge in [-0.2, -0.15) is 13.2 Å². The van der Waals surface area contributed by atoms with E-state index in [2.05, 4.69) is 10.2 Å². The summed E-state index contributed by atoms with van der Waals surface area (Å²) in [6, 6.07) is 8.24. The lowest BCUT2D eigenvalue weighted by atomic mass is 10.1. The van der Waals surface area contributed by atoms with E-state index in [0.717, 1.165) is 12.1 Å². The summed E-state index contributed by atoms with van der Waals surface area (Å²) in [6.45, 7) is 5.55. The zero-order valence-corrected chi connectivity index (χ0v) is 19.9. The number of nitrogens with one attached hydrogen (secondary N) is 1. The van der Waals surface area contributed by atoms with Crippen LogP contribution >= 0.6 is 0 Å². The lowest BCUT2D eigenvalue weighted by molar-refractivity contribution is -0.137. The van der Waals surface area contributed by atoms with Gasteiger partial charge in [0, 0.05) is 51.4 Å². The maximum atomic E-state index is 13.3. The molecular formula is C25H28F3N5O2. The van der Waals surface area contributed by atoms with Gasteiger partial charge in [-0.3, -0.25) is 19.1 Å². The fourth-order valence-electron chi connectivity index (χ4n) is 4.36. The van der Waals surface area contributed by atoms with Crippen LogP contribution in [0.3, 0.4) is 0 Å². The predicted molar refractivity (Wildman–Crippen MR) is 127 cm³/mol. The number of benzene rings is 1. The summed E-state index contributed by atoms with van der Waals surface area (Å²) in [5.74, 6) is 0.397. The summed E-state index contributed by atoms with van der Waals surface area (Å²) in [5.41, 5.74) is 1.74. The third kappa shape index (κ3) is 5.17. The lowest BCUT2D eigenvalue weighted by Crippen LogP contribution is -2.39. The second-order valence-corrected chi connectivity index (χ2v) is 8.81. The van der Waals surface area contributed by atoms with Gasteiger partial charge in [-0.25, -0.2) is 4.98 Å². The number of hydrogen-bond acceptors (Lipinski definition) is 5. The van der Waals surface area contributed by atoms with Crippen molar-refractivity contribution >= 4 is 5.95 Å². The Kier molecular flexibility index (Phi) is 6.84. The first-order valence-electron chi connectivity index (χ1n) is 11.5. The molecule has 0 spiro atoms. The Balaban J connectivity index is 1.56. The number of anilines is 1. The van der Waals surface area contributed by atoms with Crippen LogP contribution in [-0.2, 0) is 39.3 Å². The Morgan fingerprint density at radius 2 is 1.83 bits per heavy atom. The van der Waals surface area contributed by atoms with E-state index in [0.29, 0.717) is 60.9 Å². The quantitative estimate of drug-likeness (QED) is 0.574. The van der Waals surface area contributed by atoms with Crippen molar-refractivity contribution in [3.05, 3.63) is 91.3 Å². The van der Waals surface area contributed by atoms with E-state index in [4.69, 9.17) is 4.98 Å². The summed E-state index contributed by atoms with van der Waals surface area (Å²) < 4.78 is 41.7. The van der Waals surface area contributed by atoms with Crippen LogP contribution in [0.2, 0.25) is 0 Å². The van der Waals surface area contributed by atoms with Crippen molar-refractivity contribution in [1.29, 1.82) is 0 Å². The largest absolute Gasteiger partial charge is 0.416 e. The molecule has 3 aromatic rings. The van der Waals surface area contributed by atoms with Crippen LogP contribution in [-0.4, -0.2) is 25.6 Å². The zero-order valence-electron chi connectivity index (χ0n) is 19.9. The molecule has 1 unspecified atom stereocenters. The summed E-state index contributed by atoms with van der Waals surface area (Å²) in [7, 11) is 1.71. The number of fused-ring (bicyclic) bond motifs is 1. The number of nitrogens with zero attached hydrogens (tertiary/aromatic N) is 4. The smallest absolute Gasteiger partial charge is 0.349 e. The SMILES string of the molecule is CCn1c(NC(C)c2ccc(C(F)(F)F)cc2)nc2c(c1=O)CN(Cc1cccn(C)c1=O)CC2. The maximum Gasteiger partial charge on any atom is 0.416 e. The van der Waals surface area contributed by atoms with Crippen LogP contribution < -0.4 is 16.4 Å². The topological polar surface area (TPSA) is 72.2 Å². The van der Waals surface area contributed by atoms with Crippen molar-refractivity contribution in [2.45, 2.75) is 52.1 Å². The van der Waals surface area contributed by atoms with E-state index in [9.17, 15) is 22.8 Å². The molecule has 3 heterocycles. The van der Waals surface area contributed by atoms with Gasteiger partial charge in [-0.05, 0) is 37.6 Å². The second kappa shape index (κ2) is 9.69. The lowest BCUT2D eigenvalue weighted by Gasteiger charge is -2.29. The van der Waals surface area contributed by atoms with Gasteiger partial charge < -0.3 is 9.88 Å². The Labute approximate surface area is 200 Å². The normalized spacial score (nSPS) is 15.0. The van der Waals surface area contributed by atoms with E-state index in [1.54, 1.807) is 23.9 Å². The van der Waals surface area contributed by atoms with Crippen LogP contribution in [0.1, 0.15) is 47.8 Å². The minimum absolute atomic E-state index is 0.0563. The molecule has 7 nitrogen and oxygen atoms in total. The van der Waals surface area contributed by atoms with Crippen LogP contribution in [0.4, 0.5) is 19.1 Å². The number of hydrogen-bond donors (Lipinski definition) is 1.